The van der Waals surface area contributed by atoms with Gasteiger partial charge in [0.1, 0.15) is 5.75 Å². The van der Waals surface area contributed by atoms with E-state index in [0.29, 0.717) is 17.6 Å². The molecule has 0 bridgehead atoms. The first-order valence-electron chi connectivity index (χ1n) is 4.64. The van der Waals surface area contributed by atoms with Gasteiger partial charge in [0, 0.05) is 12.0 Å². The van der Waals surface area contributed by atoms with Gasteiger partial charge in [-0.25, -0.2) is 0 Å². The van der Waals surface area contributed by atoms with Crippen molar-refractivity contribution in [3.63, 3.8) is 0 Å². The fourth-order valence-electron chi connectivity index (χ4n) is 1.20. The zero-order valence-electron chi connectivity index (χ0n) is 8.45. The summed E-state index contributed by atoms with van der Waals surface area (Å²) in [5.41, 5.74) is 1.36. The van der Waals surface area contributed by atoms with E-state index < -0.39 is 0 Å². The van der Waals surface area contributed by atoms with Crippen molar-refractivity contribution in [2.24, 2.45) is 0 Å². The lowest BCUT2D eigenvalue weighted by Gasteiger charge is -2.00. The van der Waals surface area contributed by atoms with Crippen LogP contribution >= 0.6 is 0 Å². The van der Waals surface area contributed by atoms with Crippen LogP contribution in [0.1, 0.15) is 25.8 Å². The van der Waals surface area contributed by atoms with Crippen molar-refractivity contribution in [1.82, 2.24) is 0 Å². The molecule has 0 saturated carbocycles. The quantitative estimate of drug-likeness (QED) is 0.744. The molecular formula is C12H14O2. The molecule has 0 heterocycles. The summed E-state index contributed by atoms with van der Waals surface area (Å²) < 4.78 is 0. The predicted octanol–water partition coefficient (Wildman–Crippen LogP) is 2.77. The second-order valence-corrected chi connectivity index (χ2v) is 3.16. The van der Waals surface area contributed by atoms with Crippen molar-refractivity contribution >= 4 is 11.9 Å². The average molecular weight is 190 g/mol. The molecule has 0 spiro atoms. The summed E-state index contributed by atoms with van der Waals surface area (Å²) in [6.45, 7) is 3.59. The number of rotatable bonds is 3. The van der Waals surface area contributed by atoms with Crippen LogP contribution in [0.2, 0.25) is 0 Å². The molecule has 0 aromatic heterocycles. The van der Waals surface area contributed by atoms with Crippen LogP contribution in [0.5, 0.6) is 5.75 Å². The molecule has 0 aliphatic carbocycles. The second-order valence-electron chi connectivity index (χ2n) is 3.16. The Labute approximate surface area is 83.9 Å². The van der Waals surface area contributed by atoms with E-state index >= 15 is 0 Å². The highest BCUT2D eigenvalue weighted by molar-refractivity contribution is 5.98. The maximum absolute atomic E-state index is 11.3. The van der Waals surface area contributed by atoms with Crippen molar-refractivity contribution in [2.45, 2.75) is 20.3 Å². The minimum atomic E-state index is 0.105. The second kappa shape index (κ2) is 4.61. The smallest absolute Gasteiger partial charge is 0.158 e. The van der Waals surface area contributed by atoms with Crippen LogP contribution in [0.3, 0.4) is 0 Å². The van der Waals surface area contributed by atoms with E-state index in [1.54, 1.807) is 31.2 Å². The summed E-state index contributed by atoms with van der Waals surface area (Å²) in [7, 11) is 0. The Morgan fingerprint density at radius 1 is 1.43 bits per heavy atom. The van der Waals surface area contributed by atoms with E-state index in [0.717, 1.165) is 0 Å². The Morgan fingerprint density at radius 2 is 2.07 bits per heavy atom. The van der Waals surface area contributed by atoms with Gasteiger partial charge in [0.05, 0.1) is 0 Å². The number of carbonyl (C=O) groups excluding carboxylic acids is 1. The lowest BCUT2D eigenvalue weighted by atomic mass is 10.1. The largest absolute Gasteiger partial charge is 0.507 e. The van der Waals surface area contributed by atoms with Gasteiger partial charge in [-0.2, -0.15) is 0 Å². The van der Waals surface area contributed by atoms with E-state index in [9.17, 15) is 9.90 Å². The first-order valence-corrected chi connectivity index (χ1v) is 4.64. The van der Waals surface area contributed by atoms with Gasteiger partial charge in [0.15, 0.2) is 5.78 Å². The Balaban J connectivity index is 2.97. The van der Waals surface area contributed by atoms with E-state index in [1.807, 2.05) is 13.0 Å². The lowest BCUT2D eigenvalue weighted by molar-refractivity contribution is -0.115. The Kier molecular flexibility index (Phi) is 3.46. The van der Waals surface area contributed by atoms with Crippen LogP contribution in [0.25, 0.3) is 6.08 Å². The summed E-state index contributed by atoms with van der Waals surface area (Å²) in [5.74, 6) is 0.309. The molecule has 0 aliphatic rings. The van der Waals surface area contributed by atoms with Crippen LogP contribution in [0.15, 0.2) is 29.8 Å². The average Bonchev–Trinajstić information content (AvgIpc) is 2.20. The molecule has 0 aliphatic heterocycles. The van der Waals surface area contributed by atoms with Gasteiger partial charge in [0.25, 0.3) is 0 Å². The molecule has 0 atom stereocenters. The first-order chi connectivity index (χ1) is 6.65. The molecular weight excluding hydrogens is 176 g/mol. The molecule has 2 heteroatoms. The first kappa shape index (κ1) is 10.5. The number of Topliss-reactive ketones (excluding diaryl/α,β-unsaturated/α-hetero) is 1. The zero-order chi connectivity index (χ0) is 10.6. The SMILES string of the molecule is CCC(=O)/C(C)=C/c1ccccc1O. The van der Waals surface area contributed by atoms with Crippen molar-refractivity contribution in [3.05, 3.63) is 35.4 Å². The fraction of sp³-hybridized carbons (Fsp3) is 0.250. The van der Waals surface area contributed by atoms with Crippen molar-refractivity contribution < 1.29 is 9.90 Å². The number of allylic oxidation sites excluding steroid dienone is 1. The molecule has 0 saturated heterocycles. The number of benzene rings is 1. The Hall–Kier alpha value is -1.57. The summed E-state index contributed by atoms with van der Waals surface area (Å²) in [5, 5.41) is 9.46. The van der Waals surface area contributed by atoms with E-state index in [1.165, 1.54) is 0 Å². The number of hydrogen-bond acceptors (Lipinski definition) is 2. The number of phenolic OH excluding ortho intramolecular Hbond substituents is 1. The molecule has 74 valence electrons. The van der Waals surface area contributed by atoms with Gasteiger partial charge in [-0.05, 0) is 24.6 Å². The van der Waals surface area contributed by atoms with Crippen molar-refractivity contribution in [1.29, 1.82) is 0 Å². The zero-order valence-corrected chi connectivity index (χ0v) is 8.45. The molecule has 0 fully saturated rings. The van der Waals surface area contributed by atoms with E-state index in [4.69, 9.17) is 0 Å². The molecule has 1 N–H and O–H groups in total. The highest BCUT2D eigenvalue weighted by Crippen LogP contribution is 2.19. The van der Waals surface area contributed by atoms with Crippen molar-refractivity contribution in [3.8, 4) is 5.75 Å². The number of phenols is 1. The lowest BCUT2D eigenvalue weighted by Crippen LogP contribution is -1.95. The van der Waals surface area contributed by atoms with E-state index in [2.05, 4.69) is 0 Å². The van der Waals surface area contributed by atoms with Crippen LogP contribution in [0, 0.1) is 0 Å². The topological polar surface area (TPSA) is 37.3 Å². The van der Waals surface area contributed by atoms with Crippen LogP contribution in [0.4, 0.5) is 0 Å². The van der Waals surface area contributed by atoms with Crippen LogP contribution in [-0.4, -0.2) is 10.9 Å². The van der Waals surface area contributed by atoms with E-state index in [-0.39, 0.29) is 11.5 Å². The Bertz CT molecular complexity index is 364. The third-order valence-electron chi connectivity index (χ3n) is 2.07. The van der Waals surface area contributed by atoms with Gasteiger partial charge in [-0.1, -0.05) is 25.1 Å². The van der Waals surface area contributed by atoms with Gasteiger partial charge >= 0.3 is 0 Å². The van der Waals surface area contributed by atoms with Crippen LogP contribution < -0.4 is 0 Å². The van der Waals surface area contributed by atoms with Crippen LogP contribution in [-0.2, 0) is 4.79 Å². The number of para-hydroxylation sites is 1. The highest BCUT2D eigenvalue weighted by atomic mass is 16.3. The van der Waals surface area contributed by atoms with Gasteiger partial charge in [-0.3, -0.25) is 4.79 Å². The number of aromatic hydroxyl groups is 1. The summed E-state index contributed by atoms with van der Waals surface area (Å²) >= 11 is 0. The fourth-order valence-corrected chi connectivity index (χ4v) is 1.20. The van der Waals surface area contributed by atoms with Gasteiger partial charge in [0.2, 0.25) is 0 Å². The normalized spacial score (nSPS) is 11.4. The minimum Gasteiger partial charge on any atom is -0.507 e. The molecule has 1 aromatic carbocycles. The number of carbonyl (C=O) groups is 1. The predicted molar refractivity (Wildman–Crippen MR) is 57.1 cm³/mol. The molecule has 14 heavy (non-hydrogen) atoms. The maximum atomic E-state index is 11.3. The third kappa shape index (κ3) is 2.46. The molecule has 1 aromatic rings. The minimum absolute atomic E-state index is 0.105. The molecule has 1 rings (SSSR count). The summed E-state index contributed by atoms with van der Waals surface area (Å²) in [6, 6.07) is 6.97. The monoisotopic (exact) mass is 190 g/mol. The van der Waals surface area contributed by atoms with Gasteiger partial charge < -0.3 is 5.11 Å². The molecule has 2 nitrogen and oxygen atoms in total. The highest BCUT2D eigenvalue weighted by Gasteiger charge is 2.02. The summed E-state index contributed by atoms with van der Waals surface area (Å²) in [4.78, 5) is 11.3. The van der Waals surface area contributed by atoms with Gasteiger partial charge in [-0.15, -0.1) is 0 Å². The molecule has 0 amide bonds. The maximum Gasteiger partial charge on any atom is 0.158 e. The molecule has 0 unspecified atom stereocenters. The number of hydrogen-bond donors (Lipinski definition) is 1. The summed E-state index contributed by atoms with van der Waals surface area (Å²) in [6.07, 6.45) is 2.21. The number of ketones is 1. The Morgan fingerprint density at radius 3 is 2.64 bits per heavy atom. The molecule has 0 radical (unpaired) electrons. The third-order valence-corrected chi connectivity index (χ3v) is 2.07. The standard InChI is InChI=1S/C12H14O2/c1-3-11(13)9(2)8-10-6-4-5-7-12(10)14/h4-8,14H,3H2,1-2H3/b9-8+. The van der Waals surface area contributed by atoms with Crippen molar-refractivity contribution in [2.75, 3.05) is 0 Å².